The first-order valence-corrected chi connectivity index (χ1v) is 9.98. The monoisotopic (exact) mass is 402 g/mol. The van der Waals surface area contributed by atoms with Crippen LogP contribution in [0.4, 0.5) is 17.1 Å². The zero-order valence-corrected chi connectivity index (χ0v) is 17.2. The van der Waals surface area contributed by atoms with Gasteiger partial charge in [0.1, 0.15) is 0 Å². The fourth-order valence-corrected chi connectivity index (χ4v) is 2.86. The summed E-state index contributed by atoms with van der Waals surface area (Å²) < 4.78 is 0. The van der Waals surface area contributed by atoms with E-state index in [1.54, 1.807) is 24.4 Å². The number of hydrogen-bond donors (Lipinski definition) is 3. The fourth-order valence-electron chi connectivity index (χ4n) is 2.86. The Kier molecular flexibility index (Phi) is 7.16. The molecule has 1 heterocycles. The van der Waals surface area contributed by atoms with Crippen molar-refractivity contribution >= 4 is 28.9 Å². The molecule has 3 rings (SSSR count). The number of hydrogen-bond acceptors (Lipinski definition) is 4. The first-order chi connectivity index (χ1) is 14.5. The molecule has 0 unspecified atom stereocenters. The smallest absolute Gasteiger partial charge is 0.257 e. The molecule has 3 aromatic rings. The molecular weight excluding hydrogens is 376 g/mol. The third-order valence-electron chi connectivity index (χ3n) is 4.46. The van der Waals surface area contributed by atoms with Gasteiger partial charge in [0.2, 0.25) is 0 Å². The quantitative estimate of drug-likeness (QED) is 0.503. The van der Waals surface area contributed by atoms with Gasteiger partial charge < -0.3 is 16.0 Å². The molecule has 6 heteroatoms. The van der Waals surface area contributed by atoms with Gasteiger partial charge in [-0.25, -0.2) is 0 Å². The predicted octanol–water partition coefficient (Wildman–Crippen LogP) is 4.85. The third kappa shape index (κ3) is 6.17. The minimum Gasteiger partial charge on any atom is -0.355 e. The van der Waals surface area contributed by atoms with Crippen LogP contribution in [0.15, 0.2) is 73.1 Å². The lowest BCUT2D eigenvalue weighted by Crippen LogP contribution is -2.25. The zero-order chi connectivity index (χ0) is 21.3. The first-order valence-electron chi connectivity index (χ1n) is 9.98. The maximum Gasteiger partial charge on any atom is 0.257 e. The van der Waals surface area contributed by atoms with Gasteiger partial charge in [0.15, 0.2) is 0 Å². The first kappa shape index (κ1) is 21.0. The van der Waals surface area contributed by atoms with Crippen molar-refractivity contribution in [2.24, 2.45) is 5.92 Å². The molecule has 0 bridgehead atoms. The number of amides is 2. The van der Waals surface area contributed by atoms with Crippen molar-refractivity contribution in [2.45, 2.75) is 20.3 Å². The van der Waals surface area contributed by atoms with Crippen molar-refractivity contribution < 1.29 is 9.59 Å². The molecule has 0 saturated carbocycles. The van der Waals surface area contributed by atoms with Crippen LogP contribution < -0.4 is 16.0 Å². The Balaban J connectivity index is 1.64. The number of anilines is 3. The maximum absolute atomic E-state index is 12.3. The summed E-state index contributed by atoms with van der Waals surface area (Å²) in [6.07, 6.45) is 4.09. The van der Waals surface area contributed by atoms with E-state index in [0.717, 1.165) is 17.8 Å². The molecule has 0 saturated heterocycles. The third-order valence-corrected chi connectivity index (χ3v) is 4.46. The van der Waals surface area contributed by atoms with Crippen LogP contribution in [0.2, 0.25) is 0 Å². The molecule has 0 aliphatic rings. The van der Waals surface area contributed by atoms with Gasteiger partial charge in [0.05, 0.1) is 5.56 Å². The number of rotatable bonds is 8. The van der Waals surface area contributed by atoms with Crippen molar-refractivity contribution in [1.29, 1.82) is 0 Å². The Bertz CT molecular complexity index is 1000. The number of nitrogens with zero attached hydrogens (tertiary/aromatic N) is 1. The molecule has 0 spiro atoms. The number of carbonyl (C=O) groups is 2. The summed E-state index contributed by atoms with van der Waals surface area (Å²) in [5.41, 5.74) is 3.35. The zero-order valence-electron chi connectivity index (χ0n) is 17.2. The van der Waals surface area contributed by atoms with Gasteiger partial charge in [0, 0.05) is 41.6 Å². The Morgan fingerprint density at radius 2 is 1.57 bits per heavy atom. The standard InChI is InChI=1S/C24H26N4O2/c1-17(2)11-13-26-23(29)18-6-3-8-20(14-18)27-21-9-4-10-22(15-21)28-24(30)19-7-5-12-25-16-19/h3-10,12,14-17,27H,11,13H2,1-2H3,(H,26,29)(H,28,30). The highest BCUT2D eigenvalue weighted by atomic mass is 16.2. The van der Waals surface area contributed by atoms with Crippen LogP contribution in [0.25, 0.3) is 0 Å². The summed E-state index contributed by atoms with van der Waals surface area (Å²) in [5, 5.41) is 9.09. The van der Waals surface area contributed by atoms with Crippen molar-refractivity contribution in [3.05, 3.63) is 84.2 Å². The molecule has 0 aliphatic heterocycles. The maximum atomic E-state index is 12.3. The molecule has 1 aromatic heterocycles. The molecule has 2 amide bonds. The molecule has 30 heavy (non-hydrogen) atoms. The fraction of sp³-hybridized carbons (Fsp3) is 0.208. The SMILES string of the molecule is CC(C)CCNC(=O)c1cccc(Nc2cccc(NC(=O)c3cccnc3)c2)c1. The van der Waals surface area contributed by atoms with Crippen molar-refractivity contribution in [3.63, 3.8) is 0 Å². The second-order valence-electron chi connectivity index (χ2n) is 7.42. The van der Waals surface area contributed by atoms with Crippen molar-refractivity contribution in [3.8, 4) is 0 Å². The Morgan fingerprint density at radius 1 is 0.867 bits per heavy atom. The van der Waals surface area contributed by atoms with E-state index in [1.807, 2.05) is 42.5 Å². The van der Waals surface area contributed by atoms with Crippen LogP contribution >= 0.6 is 0 Å². The van der Waals surface area contributed by atoms with Crippen LogP contribution in [-0.4, -0.2) is 23.3 Å². The minimum atomic E-state index is -0.222. The average Bonchev–Trinajstić information content (AvgIpc) is 2.74. The van der Waals surface area contributed by atoms with Gasteiger partial charge >= 0.3 is 0 Å². The largest absolute Gasteiger partial charge is 0.355 e. The van der Waals surface area contributed by atoms with E-state index in [4.69, 9.17) is 0 Å². The van der Waals surface area contributed by atoms with E-state index >= 15 is 0 Å². The molecule has 3 N–H and O–H groups in total. The van der Waals surface area contributed by atoms with E-state index in [-0.39, 0.29) is 11.8 Å². The Labute approximate surface area is 176 Å². The molecule has 0 atom stereocenters. The minimum absolute atomic E-state index is 0.0863. The van der Waals surface area contributed by atoms with Gasteiger partial charge in [-0.1, -0.05) is 26.0 Å². The van der Waals surface area contributed by atoms with Gasteiger partial charge in [0.25, 0.3) is 11.8 Å². The molecule has 0 fully saturated rings. The molecule has 6 nitrogen and oxygen atoms in total. The Hall–Kier alpha value is -3.67. The second kappa shape index (κ2) is 10.2. The topological polar surface area (TPSA) is 83.1 Å². The Morgan fingerprint density at radius 3 is 2.30 bits per heavy atom. The number of nitrogens with one attached hydrogen (secondary N) is 3. The summed E-state index contributed by atoms with van der Waals surface area (Å²) in [4.78, 5) is 28.6. The van der Waals surface area contributed by atoms with Gasteiger partial charge in [-0.15, -0.1) is 0 Å². The van der Waals surface area contributed by atoms with Gasteiger partial charge in [-0.3, -0.25) is 14.6 Å². The number of benzene rings is 2. The van der Waals surface area contributed by atoms with Crippen molar-refractivity contribution in [2.75, 3.05) is 17.2 Å². The normalized spacial score (nSPS) is 10.5. The summed E-state index contributed by atoms with van der Waals surface area (Å²) in [6.45, 7) is 4.92. The van der Waals surface area contributed by atoms with Crippen LogP contribution in [-0.2, 0) is 0 Å². The van der Waals surface area contributed by atoms with Gasteiger partial charge in [-0.05, 0) is 60.9 Å². The lowest BCUT2D eigenvalue weighted by atomic mass is 10.1. The molecule has 0 radical (unpaired) electrons. The highest BCUT2D eigenvalue weighted by Gasteiger charge is 2.08. The number of pyridine rings is 1. The molecule has 2 aromatic carbocycles. The van der Waals surface area contributed by atoms with E-state index in [1.165, 1.54) is 6.20 Å². The highest BCUT2D eigenvalue weighted by molar-refractivity contribution is 6.04. The molecule has 0 aliphatic carbocycles. The summed E-state index contributed by atoms with van der Waals surface area (Å²) in [6, 6.07) is 18.2. The number of carbonyl (C=O) groups excluding carboxylic acids is 2. The van der Waals surface area contributed by atoms with Gasteiger partial charge in [-0.2, -0.15) is 0 Å². The summed E-state index contributed by atoms with van der Waals surface area (Å²) in [5.74, 6) is 0.237. The van der Waals surface area contributed by atoms with E-state index in [0.29, 0.717) is 29.3 Å². The summed E-state index contributed by atoms with van der Waals surface area (Å²) >= 11 is 0. The van der Waals surface area contributed by atoms with Crippen molar-refractivity contribution in [1.82, 2.24) is 10.3 Å². The molecular formula is C24H26N4O2. The lowest BCUT2D eigenvalue weighted by molar-refractivity contribution is 0.0951. The highest BCUT2D eigenvalue weighted by Crippen LogP contribution is 2.21. The van der Waals surface area contributed by atoms with Crippen LogP contribution in [0.3, 0.4) is 0 Å². The second-order valence-corrected chi connectivity index (χ2v) is 7.42. The predicted molar refractivity (Wildman–Crippen MR) is 120 cm³/mol. The van der Waals surface area contributed by atoms with Crippen LogP contribution in [0, 0.1) is 5.92 Å². The number of aromatic nitrogens is 1. The lowest BCUT2D eigenvalue weighted by Gasteiger charge is -2.11. The van der Waals surface area contributed by atoms with E-state index in [2.05, 4.69) is 34.8 Å². The average molecular weight is 402 g/mol. The summed E-state index contributed by atoms with van der Waals surface area (Å²) in [7, 11) is 0. The van der Waals surface area contributed by atoms with Crippen LogP contribution in [0.1, 0.15) is 41.0 Å². The van der Waals surface area contributed by atoms with E-state index in [9.17, 15) is 9.59 Å². The molecule has 154 valence electrons. The van der Waals surface area contributed by atoms with Crippen LogP contribution in [0.5, 0.6) is 0 Å². The van der Waals surface area contributed by atoms with E-state index < -0.39 is 0 Å².